The fourth-order valence-electron chi connectivity index (χ4n) is 7.64. The first-order valence-electron chi connectivity index (χ1n) is 13.1. The Balaban J connectivity index is 1.40. The van der Waals surface area contributed by atoms with Crippen LogP contribution >= 0.6 is 0 Å². The summed E-state index contributed by atoms with van der Waals surface area (Å²) in [5, 5.41) is 18.9. The molecule has 0 radical (unpaired) electrons. The van der Waals surface area contributed by atoms with Gasteiger partial charge in [0.25, 0.3) is 0 Å². The van der Waals surface area contributed by atoms with Crippen molar-refractivity contribution in [1.82, 2.24) is 0 Å². The van der Waals surface area contributed by atoms with Crippen LogP contribution in [-0.4, -0.2) is 22.8 Å². The van der Waals surface area contributed by atoms with Gasteiger partial charge >= 0.3 is 5.97 Å². The molecule has 4 heteroatoms. The van der Waals surface area contributed by atoms with Crippen molar-refractivity contribution in [1.29, 1.82) is 0 Å². The van der Waals surface area contributed by atoms with Gasteiger partial charge in [0.05, 0.1) is 0 Å². The van der Waals surface area contributed by atoms with Gasteiger partial charge in [-0.15, -0.1) is 0 Å². The highest BCUT2D eigenvalue weighted by Crippen LogP contribution is 2.63. The molecule has 3 aliphatic rings. The summed E-state index contributed by atoms with van der Waals surface area (Å²) in [5.74, 6) is 2.52. The van der Waals surface area contributed by atoms with Crippen molar-refractivity contribution in [3.8, 4) is 5.75 Å². The van der Waals surface area contributed by atoms with E-state index in [1.165, 1.54) is 29.5 Å². The maximum Gasteiger partial charge on any atom is 0.303 e. The summed E-state index contributed by atoms with van der Waals surface area (Å²) in [6, 6.07) is 15.0. The van der Waals surface area contributed by atoms with E-state index in [1.807, 2.05) is 18.2 Å². The highest BCUT2D eigenvalue weighted by Gasteiger charge is 2.54. The molecule has 0 bridgehead atoms. The summed E-state index contributed by atoms with van der Waals surface area (Å²) in [6.45, 7) is 3.13. The standard InChI is InChI=1S/C30H38O4/c1-30-14-13-24-25(27(30)12-10-23(30)18-29(32)33)11-9-21-17-28(22(8-5-15-31)16-26(21)24)34-19-20-6-3-2-4-7-20/h2-4,6-7,16-17,23-25,27,31H,5,8-15,18-19H2,1H3,(H,32,33)/t23?,24?,25?,27?,30-/m1/s1. The smallest absolute Gasteiger partial charge is 0.303 e. The molecule has 2 saturated carbocycles. The van der Waals surface area contributed by atoms with Gasteiger partial charge in [-0.05, 0) is 109 Å². The first-order chi connectivity index (χ1) is 16.5. The molecule has 0 aromatic heterocycles. The van der Waals surface area contributed by atoms with E-state index in [2.05, 4.69) is 31.2 Å². The predicted octanol–water partition coefficient (Wildman–Crippen LogP) is 6.14. The number of benzene rings is 2. The van der Waals surface area contributed by atoms with Crippen LogP contribution in [0, 0.1) is 23.2 Å². The van der Waals surface area contributed by atoms with E-state index >= 15 is 0 Å². The van der Waals surface area contributed by atoms with Crippen molar-refractivity contribution in [3.05, 3.63) is 64.7 Å². The lowest BCUT2D eigenvalue weighted by atomic mass is 9.54. The number of rotatable bonds is 8. The van der Waals surface area contributed by atoms with Gasteiger partial charge in [0, 0.05) is 13.0 Å². The summed E-state index contributed by atoms with van der Waals surface area (Å²) in [5.41, 5.74) is 5.49. The third kappa shape index (κ3) is 4.37. The number of ether oxygens (including phenoxy) is 1. The largest absolute Gasteiger partial charge is 0.489 e. The monoisotopic (exact) mass is 462 g/mol. The van der Waals surface area contributed by atoms with E-state index in [-0.39, 0.29) is 12.0 Å². The predicted molar refractivity (Wildman–Crippen MR) is 133 cm³/mol. The van der Waals surface area contributed by atoms with Crippen LogP contribution in [-0.2, 0) is 24.2 Å². The molecular formula is C30H38O4. The molecule has 0 amide bonds. The first-order valence-corrected chi connectivity index (χ1v) is 13.1. The van der Waals surface area contributed by atoms with E-state index in [1.54, 1.807) is 0 Å². The van der Waals surface area contributed by atoms with Crippen molar-refractivity contribution in [3.63, 3.8) is 0 Å². The fourth-order valence-corrected chi connectivity index (χ4v) is 7.64. The first kappa shape index (κ1) is 23.4. The Kier molecular flexibility index (Phi) is 6.70. The maximum absolute atomic E-state index is 11.5. The van der Waals surface area contributed by atoms with Crippen LogP contribution in [0.5, 0.6) is 5.75 Å². The quantitative estimate of drug-likeness (QED) is 0.495. The van der Waals surface area contributed by atoms with Crippen LogP contribution in [0.2, 0.25) is 0 Å². The van der Waals surface area contributed by atoms with Gasteiger partial charge in [0.2, 0.25) is 0 Å². The minimum absolute atomic E-state index is 0.176. The zero-order valence-corrected chi connectivity index (χ0v) is 20.3. The van der Waals surface area contributed by atoms with Crippen molar-refractivity contribution in [2.75, 3.05) is 6.61 Å². The van der Waals surface area contributed by atoms with Crippen LogP contribution < -0.4 is 4.74 Å². The number of aliphatic hydroxyl groups is 1. The van der Waals surface area contributed by atoms with Crippen LogP contribution in [0.1, 0.15) is 80.0 Å². The average molecular weight is 463 g/mol. The minimum atomic E-state index is -0.639. The van der Waals surface area contributed by atoms with Crippen molar-refractivity contribution < 1.29 is 19.7 Å². The van der Waals surface area contributed by atoms with Crippen LogP contribution in [0.15, 0.2) is 42.5 Å². The molecule has 182 valence electrons. The number of hydrogen-bond acceptors (Lipinski definition) is 3. The van der Waals surface area contributed by atoms with E-state index in [0.717, 1.165) is 49.8 Å². The second-order valence-corrected chi connectivity index (χ2v) is 11.1. The molecule has 0 spiro atoms. The van der Waals surface area contributed by atoms with E-state index in [0.29, 0.717) is 36.7 Å². The molecule has 5 atom stereocenters. The van der Waals surface area contributed by atoms with Gasteiger partial charge in [-0.3, -0.25) is 4.79 Å². The fraction of sp³-hybridized carbons (Fsp3) is 0.567. The summed E-state index contributed by atoms with van der Waals surface area (Å²) in [7, 11) is 0. The van der Waals surface area contributed by atoms with Gasteiger partial charge in [-0.1, -0.05) is 43.3 Å². The second-order valence-electron chi connectivity index (χ2n) is 11.1. The second kappa shape index (κ2) is 9.73. The molecule has 4 nitrogen and oxygen atoms in total. The Hall–Kier alpha value is -2.33. The molecule has 0 aliphatic heterocycles. The van der Waals surface area contributed by atoms with Crippen LogP contribution in [0.4, 0.5) is 0 Å². The third-order valence-electron chi connectivity index (χ3n) is 9.36. The zero-order chi connectivity index (χ0) is 23.7. The Morgan fingerprint density at radius 1 is 1.12 bits per heavy atom. The molecule has 3 aliphatic carbocycles. The number of fused-ring (bicyclic) bond motifs is 5. The van der Waals surface area contributed by atoms with Crippen LogP contribution in [0.25, 0.3) is 0 Å². The van der Waals surface area contributed by atoms with E-state index in [9.17, 15) is 15.0 Å². The normalized spacial score (nSPS) is 29.7. The van der Waals surface area contributed by atoms with Gasteiger partial charge in [-0.2, -0.15) is 0 Å². The lowest BCUT2D eigenvalue weighted by molar-refractivity contribution is -0.139. The maximum atomic E-state index is 11.5. The van der Waals surface area contributed by atoms with E-state index in [4.69, 9.17) is 4.74 Å². The third-order valence-corrected chi connectivity index (χ3v) is 9.36. The van der Waals surface area contributed by atoms with Crippen LogP contribution in [0.3, 0.4) is 0 Å². The molecule has 5 rings (SSSR count). The van der Waals surface area contributed by atoms with Gasteiger partial charge < -0.3 is 14.9 Å². The lowest BCUT2D eigenvalue weighted by Gasteiger charge is -2.51. The molecule has 2 aromatic carbocycles. The summed E-state index contributed by atoms with van der Waals surface area (Å²) < 4.78 is 6.32. The molecule has 4 unspecified atom stereocenters. The number of aliphatic carboxylic acids is 1. The van der Waals surface area contributed by atoms with E-state index < -0.39 is 5.97 Å². The molecule has 2 N–H and O–H groups in total. The number of carbonyl (C=O) groups is 1. The summed E-state index contributed by atoms with van der Waals surface area (Å²) in [6.07, 6.45) is 8.71. The molecule has 0 heterocycles. The van der Waals surface area contributed by atoms with Crippen molar-refractivity contribution in [2.24, 2.45) is 23.2 Å². The Labute approximate surface area is 203 Å². The number of carboxylic acids is 1. The highest BCUT2D eigenvalue weighted by atomic mass is 16.5. The SMILES string of the molecule is C[C@]12CCC3c4cc(CCCO)c(OCc5ccccc5)cc4CCC3C1CCC2CC(=O)O. The highest BCUT2D eigenvalue weighted by molar-refractivity contribution is 5.67. The van der Waals surface area contributed by atoms with Crippen molar-refractivity contribution >= 4 is 5.97 Å². The Bertz CT molecular complexity index is 1020. The summed E-state index contributed by atoms with van der Waals surface area (Å²) in [4.78, 5) is 11.5. The lowest BCUT2D eigenvalue weighted by Crippen LogP contribution is -2.42. The van der Waals surface area contributed by atoms with Gasteiger partial charge in [0.15, 0.2) is 0 Å². The average Bonchev–Trinajstić information content (AvgIpc) is 3.17. The number of aryl methyl sites for hydroxylation is 2. The number of aliphatic hydroxyl groups excluding tert-OH is 1. The Morgan fingerprint density at radius 3 is 2.71 bits per heavy atom. The van der Waals surface area contributed by atoms with Gasteiger partial charge in [0.1, 0.15) is 12.4 Å². The molecule has 2 fully saturated rings. The topological polar surface area (TPSA) is 66.8 Å². The van der Waals surface area contributed by atoms with Gasteiger partial charge in [-0.25, -0.2) is 0 Å². The molecule has 2 aromatic rings. The zero-order valence-electron chi connectivity index (χ0n) is 20.3. The Morgan fingerprint density at radius 2 is 1.94 bits per heavy atom. The minimum Gasteiger partial charge on any atom is -0.489 e. The summed E-state index contributed by atoms with van der Waals surface area (Å²) >= 11 is 0. The van der Waals surface area contributed by atoms with Crippen molar-refractivity contribution in [2.45, 2.75) is 77.2 Å². The number of hydrogen-bond donors (Lipinski definition) is 2. The molecule has 0 saturated heterocycles. The number of carboxylic acid groups (broad SMARTS) is 1. The molecule has 34 heavy (non-hydrogen) atoms. The molecular weight excluding hydrogens is 424 g/mol.